The Bertz CT molecular complexity index is 439. The Labute approximate surface area is 159 Å². The highest BCUT2D eigenvalue weighted by molar-refractivity contribution is 4.97. The molecule has 0 aromatic carbocycles. The van der Waals surface area contributed by atoms with Crippen LogP contribution in [0.15, 0.2) is 0 Å². The predicted molar refractivity (Wildman–Crippen MR) is 104 cm³/mol. The summed E-state index contributed by atoms with van der Waals surface area (Å²) < 4.78 is 30.1. The number of hydrogen-bond donors (Lipinski definition) is 0. The Morgan fingerprint density at radius 3 is 1.85 bits per heavy atom. The molecular formula is C21H39F2N3. The summed E-state index contributed by atoms with van der Waals surface area (Å²) in [5, 5.41) is 0. The number of piperidine rings is 3. The molecule has 0 unspecified atom stereocenters. The average molecular weight is 372 g/mol. The zero-order valence-corrected chi connectivity index (χ0v) is 17.3. The summed E-state index contributed by atoms with van der Waals surface area (Å²) in [6, 6.07) is 0.378. The second-order valence-corrected chi connectivity index (χ2v) is 9.51. The van der Waals surface area contributed by atoms with E-state index in [-0.39, 0.29) is 6.54 Å². The minimum absolute atomic E-state index is 0.0336. The molecule has 3 heterocycles. The highest BCUT2D eigenvalue weighted by Crippen LogP contribution is 2.36. The van der Waals surface area contributed by atoms with Crippen LogP contribution < -0.4 is 0 Å². The fraction of sp³-hybridized carbons (Fsp3) is 1.00. The molecule has 0 amide bonds. The van der Waals surface area contributed by atoms with Gasteiger partial charge in [-0.3, -0.25) is 9.80 Å². The smallest absolute Gasteiger partial charge is 0.275 e. The van der Waals surface area contributed by atoms with Crippen LogP contribution in [-0.4, -0.2) is 78.0 Å². The van der Waals surface area contributed by atoms with Gasteiger partial charge in [-0.05, 0) is 84.0 Å². The Balaban J connectivity index is 1.52. The molecule has 3 aliphatic rings. The van der Waals surface area contributed by atoms with Gasteiger partial charge in [-0.15, -0.1) is 0 Å². The van der Waals surface area contributed by atoms with E-state index in [1.165, 1.54) is 0 Å². The van der Waals surface area contributed by atoms with Crippen LogP contribution in [0, 0.1) is 11.8 Å². The number of nitrogens with zero attached hydrogens (tertiary/aromatic N) is 3. The zero-order chi connectivity index (χ0) is 18.9. The lowest BCUT2D eigenvalue weighted by Gasteiger charge is -2.49. The van der Waals surface area contributed by atoms with Crippen molar-refractivity contribution in [3.05, 3.63) is 0 Å². The maximum absolute atomic E-state index is 15.0. The zero-order valence-electron chi connectivity index (χ0n) is 17.3. The third-order valence-corrected chi connectivity index (χ3v) is 7.29. The maximum atomic E-state index is 15.0. The molecular weight excluding hydrogens is 332 g/mol. The molecule has 3 fully saturated rings. The van der Waals surface area contributed by atoms with Gasteiger partial charge >= 0.3 is 0 Å². The fourth-order valence-electron chi connectivity index (χ4n) is 5.38. The molecule has 1 atom stereocenters. The van der Waals surface area contributed by atoms with Crippen molar-refractivity contribution in [2.75, 3.05) is 39.3 Å². The van der Waals surface area contributed by atoms with E-state index in [0.717, 1.165) is 58.4 Å². The average Bonchev–Trinajstić information content (AvgIpc) is 2.61. The monoisotopic (exact) mass is 371 g/mol. The molecule has 26 heavy (non-hydrogen) atoms. The van der Waals surface area contributed by atoms with Gasteiger partial charge in [0.1, 0.15) is 0 Å². The first-order valence-corrected chi connectivity index (χ1v) is 10.9. The van der Waals surface area contributed by atoms with Crippen LogP contribution in [0.3, 0.4) is 0 Å². The van der Waals surface area contributed by atoms with Crippen LogP contribution >= 0.6 is 0 Å². The van der Waals surface area contributed by atoms with Crippen molar-refractivity contribution in [2.24, 2.45) is 11.8 Å². The molecule has 0 aromatic heterocycles. The van der Waals surface area contributed by atoms with Gasteiger partial charge in [-0.1, -0.05) is 13.8 Å². The van der Waals surface area contributed by atoms with E-state index >= 15 is 8.78 Å². The molecule has 3 saturated heterocycles. The molecule has 3 rings (SSSR count). The van der Waals surface area contributed by atoms with Gasteiger partial charge in [0.05, 0.1) is 12.6 Å². The molecule has 0 N–H and O–H groups in total. The topological polar surface area (TPSA) is 9.72 Å². The molecule has 0 saturated carbocycles. The molecule has 3 nitrogen and oxygen atoms in total. The van der Waals surface area contributed by atoms with Gasteiger partial charge in [0.2, 0.25) is 0 Å². The predicted octanol–water partition coefficient (Wildman–Crippen LogP) is 3.94. The van der Waals surface area contributed by atoms with Crippen molar-refractivity contribution in [3.8, 4) is 0 Å². The lowest BCUT2D eigenvalue weighted by atomic mass is 9.85. The summed E-state index contributed by atoms with van der Waals surface area (Å²) in [4.78, 5) is 6.69. The summed E-state index contributed by atoms with van der Waals surface area (Å²) in [6.45, 7) is 13.6. The summed E-state index contributed by atoms with van der Waals surface area (Å²) in [5.41, 5.74) is 0. The van der Waals surface area contributed by atoms with Crippen molar-refractivity contribution < 1.29 is 8.78 Å². The lowest BCUT2D eigenvalue weighted by Crippen LogP contribution is -2.62. The van der Waals surface area contributed by atoms with E-state index in [9.17, 15) is 0 Å². The third-order valence-electron chi connectivity index (χ3n) is 7.29. The molecule has 3 aliphatic heterocycles. The lowest BCUT2D eigenvalue weighted by molar-refractivity contribution is -0.142. The first-order valence-electron chi connectivity index (χ1n) is 10.9. The molecule has 0 radical (unpaired) electrons. The molecule has 0 aromatic rings. The van der Waals surface area contributed by atoms with Crippen LogP contribution in [0.1, 0.15) is 59.8 Å². The number of hydrogen-bond acceptors (Lipinski definition) is 3. The highest BCUT2D eigenvalue weighted by atomic mass is 19.3. The molecule has 5 heteroatoms. The standard InChI is InChI=1S/C21H39F2N3/c1-16(2)18-5-10-25(11-6-18)20-9-14-26(15-21(20,22)23)19-7-12-24(13-8-19)17(3)4/h16-20H,5-15H2,1-4H3/t20-/m0/s1. The highest BCUT2D eigenvalue weighted by Gasteiger charge is 2.49. The number of likely N-dealkylation sites (tertiary alicyclic amines) is 3. The Morgan fingerprint density at radius 1 is 0.769 bits per heavy atom. The minimum Gasteiger partial charge on any atom is -0.301 e. The van der Waals surface area contributed by atoms with Gasteiger partial charge < -0.3 is 4.90 Å². The SMILES string of the molecule is CC(C)C1CCN([C@H]2CCN(C3CCN(C(C)C)CC3)CC2(F)F)CC1. The van der Waals surface area contributed by atoms with Crippen molar-refractivity contribution in [1.82, 2.24) is 14.7 Å². The van der Waals surface area contributed by atoms with Crippen LogP contribution in [-0.2, 0) is 0 Å². The van der Waals surface area contributed by atoms with Crippen LogP contribution in [0.4, 0.5) is 8.78 Å². The first kappa shape index (κ1) is 20.5. The first-order chi connectivity index (χ1) is 12.3. The van der Waals surface area contributed by atoms with E-state index < -0.39 is 12.0 Å². The van der Waals surface area contributed by atoms with Crippen LogP contribution in [0.2, 0.25) is 0 Å². The largest absolute Gasteiger partial charge is 0.301 e. The fourth-order valence-corrected chi connectivity index (χ4v) is 5.38. The van der Waals surface area contributed by atoms with E-state index in [0.29, 0.717) is 30.3 Å². The van der Waals surface area contributed by atoms with Gasteiger partial charge in [0.25, 0.3) is 5.92 Å². The van der Waals surface area contributed by atoms with Gasteiger partial charge in [0, 0.05) is 18.6 Å². The quantitative estimate of drug-likeness (QED) is 0.741. The van der Waals surface area contributed by atoms with Crippen molar-refractivity contribution in [1.29, 1.82) is 0 Å². The Kier molecular flexibility index (Phi) is 6.62. The number of alkyl halides is 2. The number of rotatable bonds is 4. The Hall–Kier alpha value is -0.260. The maximum Gasteiger partial charge on any atom is 0.275 e. The van der Waals surface area contributed by atoms with Crippen molar-refractivity contribution in [2.45, 2.75) is 83.8 Å². The number of halogens is 2. The molecule has 0 spiro atoms. The minimum atomic E-state index is -2.57. The molecule has 152 valence electrons. The Morgan fingerprint density at radius 2 is 1.35 bits per heavy atom. The second kappa shape index (κ2) is 8.40. The van der Waals surface area contributed by atoms with E-state index in [4.69, 9.17) is 0 Å². The van der Waals surface area contributed by atoms with Crippen LogP contribution in [0.5, 0.6) is 0 Å². The summed E-state index contributed by atoms with van der Waals surface area (Å²) in [5.74, 6) is -1.18. The van der Waals surface area contributed by atoms with Gasteiger partial charge in [0.15, 0.2) is 0 Å². The van der Waals surface area contributed by atoms with Crippen molar-refractivity contribution >= 4 is 0 Å². The van der Waals surface area contributed by atoms with Gasteiger partial charge in [-0.2, -0.15) is 0 Å². The summed E-state index contributed by atoms with van der Waals surface area (Å²) in [6.07, 6.45) is 4.88. The third kappa shape index (κ3) is 4.59. The summed E-state index contributed by atoms with van der Waals surface area (Å²) in [7, 11) is 0. The summed E-state index contributed by atoms with van der Waals surface area (Å²) >= 11 is 0. The molecule has 0 bridgehead atoms. The van der Waals surface area contributed by atoms with E-state index in [2.05, 4.69) is 42.4 Å². The van der Waals surface area contributed by atoms with Crippen molar-refractivity contribution in [3.63, 3.8) is 0 Å². The molecule has 0 aliphatic carbocycles. The van der Waals surface area contributed by atoms with E-state index in [1.54, 1.807) is 0 Å². The van der Waals surface area contributed by atoms with Gasteiger partial charge in [-0.25, -0.2) is 8.78 Å². The second-order valence-electron chi connectivity index (χ2n) is 9.51. The normalized spacial score (nSPS) is 31.2. The van der Waals surface area contributed by atoms with Crippen LogP contribution in [0.25, 0.3) is 0 Å². The van der Waals surface area contributed by atoms with E-state index in [1.807, 2.05) is 0 Å².